The second kappa shape index (κ2) is 21.0. The van der Waals surface area contributed by atoms with Crippen LogP contribution in [-0.4, -0.2) is 145 Å². The largest absolute Gasteiger partial charge is 0.496 e. The number of carbonyl (C=O) groups excluding carboxylic acids is 6. The molecule has 0 bridgehead atoms. The number of thiophene rings is 1. The lowest BCUT2D eigenvalue weighted by Gasteiger charge is -2.38. The Bertz CT molecular complexity index is 2610. The Balaban J connectivity index is 0.00000308. The van der Waals surface area contributed by atoms with Crippen molar-refractivity contribution in [3.63, 3.8) is 0 Å². The molecule has 4 fully saturated rings. The number of nitrogens with one attached hydrogen (secondary N) is 2. The van der Waals surface area contributed by atoms with Crippen LogP contribution in [0.15, 0.2) is 47.4 Å². The lowest BCUT2D eigenvalue weighted by Crippen LogP contribution is -2.54. The molecule has 5 aliphatic rings. The number of piperazine rings is 1. The van der Waals surface area contributed by atoms with Crippen molar-refractivity contribution in [1.29, 1.82) is 0 Å². The minimum absolute atomic E-state index is 0.0394. The number of fused-ring (bicyclic) bond motifs is 2. The molecule has 17 nitrogen and oxygen atoms in total. The van der Waals surface area contributed by atoms with Crippen LogP contribution in [0.2, 0.25) is 0 Å². The minimum Gasteiger partial charge on any atom is -0.496 e. The fourth-order valence-corrected chi connectivity index (χ4v) is 11.3. The van der Waals surface area contributed by atoms with E-state index >= 15 is 0 Å². The first-order chi connectivity index (χ1) is 32.9. The standard InChI is InChI=1S/C48H56N8O9S.C2H6/c1-51-26-36(43-35(46(51)61)25-41(66-43)45(60)49-31-11-16-54(28-57)17-12-31)30-22-39(64-2)37(40(23-30)65-3)27-53-14-9-29(10-15-53)8-13-52-18-20-55(21-19-52)32-4-5-33-34(24-32)48(63)56(47(33)62)38-6-7-42(58)50-44(38)59;1-2/h4-5,22-26,28-29,31,38H,6-21,27H2,1-3H3,(H,49,60)(H,50,58,59);1-2H3. The number of rotatable bonds is 13. The zero-order chi connectivity index (χ0) is 48.2. The number of ether oxygens (including phenoxy) is 2. The normalized spacial score (nSPS) is 19.7. The fraction of sp³-hybridized carbons (Fsp3) is 0.500. The van der Waals surface area contributed by atoms with Gasteiger partial charge in [-0.25, -0.2) is 0 Å². The van der Waals surface area contributed by atoms with Crippen LogP contribution in [-0.2, 0) is 28.0 Å². The second-order valence-electron chi connectivity index (χ2n) is 18.1. The van der Waals surface area contributed by atoms with Crippen LogP contribution in [0.25, 0.3) is 21.2 Å². The third-order valence-electron chi connectivity index (χ3n) is 14.1. The molecule has 7 heterocycles. The van der Waals surface area contributed by atoms with Gasteiger partial charge in [0.1, 0.15) is 17.5 Å². The van der Waals surface area contributed by atoms with Crippen LogP contribution in [0, 0.1) is 5.92 Å². The van der Waals surface area contributed by atoms with E-state index in [9.17, 15) is 33.6 Å². The Hall–Kier alpha value is -6.11. The van der Waals surface area contributed by atoms with Crippen LogP contribution >= 0.6 is 11.3 Å². The van der Waals surface area contributed by atoms with Gasteiger partial charge in [0, 0.05) is 87.5 Å². The Morgan fingerprint density at radius 1 is 0.809 bits per heavy atom. The number of likely N-dealkylation sites (tertiary alicyclic amines) is 2. The molecule has 1 atom stereocenters. The number of hydrogen-bond acceptors (Lipinski definition) is 13. The SMILES string of the molecule is CC.COc1cc(-c2cn(C)c(=O)c3cc(C(=O)NC4CCN(C=O)CC4)sc23)cc(OC)c1CN1CCC(CCN2CCN(c3ccc4c(c3)C(=O)N(C3CCC(=O)NC3=O)C4=O)CC2)CC1. The minimum atomic E-state index is -0.982. The number of hydrogen-bond donors (Lipinski definition) is 2. The van der Waals surface area contributed by atoms with E-state index in [-0.39, 0.29) is 35.9 Å². The number of benzene rings is 2. The maximum atomic E-state index is 13.4. The Labute approximate surface area is 400 Å². The predicted molar refractivity (Wildman–Crippen MR) is 259 cm³/mol. The molecule has 9 rings (SSSR count). The van der Waals surface area contributed by atoms with E-state index in [0.29, 0.717) is 65.7 Å². The summed E-state index contributed by atoms with van der Waals surface area (Å²) in [4.78, 5) is 99.0. The molecule has 0 saturated carbocycles. The van der Waals surface area contributed by atoms with Crippen molar-refractivity contribution < 1.29 is 38.2 Å². The van der Waals surface area contributed by atoms with Gasteiger partial charge in [0.15, 0.2) is 0 Å². The van der Waals surface area contributed by atoms with Crippen molar-refractivity contribution in [2.24, 2.45) is 13.0 Å². The Kier molecular flexibility index (Phi) is 15.0. The third-order valence-corrected chi connectivity index (χ3v) is 15.3. The van der Waals surface area contributed by atoms with Crippen molar-refractivity contribution in [2.45, 2.75) is 77.4 Å². The highest BCUT2D eigenvalue weighted by atomic mass is 32.1. The van der Waals surface area contributed by atoms with Crippen LogP contribution in [0.1, 0.15) is 94.7 Å². The molecule has 68 heavy (non-hydrogen) atoms. The zero-order valence-electron chi connectivity index (χ0n) is 39.6. The number of piperidine rings is 3. The van der Waals surface area contributed by atoms with E-state index in [0.717, 1.165) is 103 Å². The van der Waals surface area contributed by atoms with E-state index < -0.39 is 29.7 Å². The summed E-state index contributed by atoms with van der Waals surface area (Å²) in [6, 6.07) is 9.97. The smallest absolute Gasteiger partial charge is 0.262 e. The first kappa shape index (κ1) is 48.4. The monoisotopic (exact) mass is 950 g/mol. The third kappa shape index (κ3) is 9.89. The first-order valence-corrected chi connectivity index (χ1v) is 24.7. The maximum absolute atomic E-state index is 13.4. The summed E-state index contributed by atoms with van der Waals surface area (Å²) in [5.41, 5.74) is 3.87. The molecule has 2 aromatic carbocycles. The van der Waals surface area contributed by atoms with Gasteiger partial charge in [-0.05, 0) is 106 Å². The fourth-order valence-electron chi connectivity index (χ4n) is 10.2. The van der Waals surface area contributed by atoms with Crippen molar-refractivity contribution >= 4 is 63.1 Å². The topological polar surface area (TPSA) is 183 Å². The van der Waals surface area contributed by atoms with Crippen LogP contribution in [0.5, 0.6) is 11.5 Å². The summed E-state index contributed by atoms with van der Waals surface area (Å²) in [7, 11) is 5.03. The van der Waals surface area contributed by atoms with Gasteiger partial charge < -0.3 is 29.2 Å². The molecule has 18 heteroatoms. The molecule has 362 valence electrons. The number of amides is 6. The molecule has 4 saturated heterocycles. The average Bonchev–Trinajstić information content (AvgIpc) is 3.92. The summed E-state index contributed by atoms with van der Waals surface area (Å²) in [6.07, 6.45) is 7.51. The number of aryl methyl sites for hydroxylation is 1. The highest BCUT2D eigenvalue weighted by Crippen LogP contribution is 2.41. The Morgan fingerprint density at radius 2 is 1.49 bits per heavy atom. The van der Waals surface area contributed by atoms with Gasteiger partial charge in [-0.2, -0.15) is 0 Å². The van der Waals surface area contributed by atoms with E-state index in [2.05, 4.69) is 25.3 Å². The molecule has 5 aliphatic heterocycles. The molecular formula is C50H62N8O9S. The number of pyridine rings is 1. The number of carbonyl (C=O) groups is 6. The second-order valence-corrected chi connectivity index (χ2v) is 19.1. The van der Waals surface area contributed by atoms with Gasteiger partial charge >= 0.3 is 0 Å². The van der Waals surface area contributed by atoms with E-state index in [1.807, 2.05) is 32.0 Å². The lowest BCUT2D eigenvalue weighted by atomic mass is 9.92. The summed E-state index contributed by atoms with van der Waals surface area (Å²) >= 11 is 1.30. The average molecular weight is 951 g/mol. The van der Waals surface area contributed by atoms with Crippen LogP contribution in [0.3, 0.4) is 0 Å². The highest BCUT2D eigenvalue weighted by molar-refractivity contribution is 7.21. The van der Waals surface area contributed by atoms with Gasteiger partial charge in [-0.1, -0.05) is 13.8 Å². The van der Waals surface area contributed by atoms with Gasteiger partial charge in [-0.3, -0.25) is 53.6 Å². The molecule has 0 radical (unpaired) electrons. The Morgan fingerprint density at radius 3 is 2.13 bits per heavy atom. The first-order valence-electron chi connectivity index (χ1n) is 23.9. The maximum Gasteiger partial charge on any atom is 0.262 e. The number of methoxy groups -OCH3 is 2. The summed E-state index contributed by atoms with van der Waals surface area (Å²) < 4.78 is 14.3. The molecular weight excluding hydrogens is 889 g/mol. The predicted octanol–water partition coefficient (Wildman–Crippen LogP) is 4.49. The number of aromatic nitrogens is 1. The molecule has 0 spiro atoms. The molecule has 1 unspecified atom stereocenters. The van der Waals surface area contributed by atoms with Gasteiger partial charge in [0.05, 0.1) is 41.2 Å². The quantitative estimate of drug-likeness (QED) is 0.142. The van der Waals surface area contributed by atoms with Crippen molar-refractivity contribution in [2.75, 3.05) is 78.0 Å². The van der Waals surface area contributed by atoms with Crippen LogP contribution in [0.4, 0.5) is 5.69 Å². The molecule has 4 aromatic rings. The zero-order valence-corrected chi connectivity index (χ0v) is 40.5. The lowest BCUT2D eigenvalue weighted by molar-refractivity contribution is -0.136. The van der Waals surface area contributed by atoms with Gasteiger partial charge in [0.2, 0.25) is 18.2 Å². The van der Waals surface area contributed by atoms with Crippen LogP contribution < -0.4 is 30.6 Å². The molecule has 2 N–H and O–H groups in total. The number of imide groups is 2. The van der Waals surface area contributed by atoms with E-state index in [1.54, 1.807) is 55.1 Å². The molecule has 2 aromatic heterocycles. The summed E-state index contributed by atoms with van der Waals surface area (Å²) in [5.74, 6) is -0.224. The highest BCUT2D eigenvalue weighted by Gasteiger charge is 2.45. The van der Waals surface area contributed by atoms with Crippen molar-refractivity contribution in [3.8, 4) is 22.6 Å². The van der Waals surface area contributed by atoms with Crippen molar-refractivity contribution in [3.05, 3.63) is 74.5 Å². The van der Waals surface area contributed by atoms with Gasteiger partial charge in [0.25, 0.3) is 23.3 Å². The van der Waals surface area contributed by atoms with Crippen molar-refractivity contribution in [1.82, 2.24) is 34.8 Å². The van der Waals surface area contributed by atoms with E-state index in [1.165, 1.54) is 11.3 Å². The van der Waals surface area contributed by atoms with E-state index in [4.69, 9.17) is 9.47 Å². The molecule has 0 aliphatic carbocycles. The number of nitrogens with zero attached hydrogens (tertiary/aromatic N) is 6. The summed E-state index contributed by atoms with van der Waals surface area (Å²) in [6.45, 7) is 12.1. The summed E-state index contributed by atoms with van der Waals surface area (Å²) in [5, 5.41) is 5.83. The number of anilines is 1. The molecule has 6 amide bonds. The van der Waals surface area contributed by atoms with Gasteiger partial charge in [-0.15, -0.1) is 11.3 Å².